The van der Waals surface area contributed by atoms with Crippen molar-refractivity contribution in [3.8, 4) is 11.3 Å². The molecular weight excluding hydrogens is 294 g/mol. The molecule has 0 amide bonds. The molecule has 0 unspecified atom stereocenters. The maximum atomic E-state index is 5.93. The predicted octanol–water partition coefficient (Wildman–Crippen LogP) is 1.62. The summed E-state index contributed by atoms with van der Waals surface area (Å²) in [6.45, 7) is 2.64. The van der Waals surface area contributed by atoms with Crippen molar-refractivity contribution in [1.82, 2.24) is 25.3 Å². The number of aromatic nitrogens is 4. The first-order valence-electron chi connectivity index (χ1n) is 7.57. The van der Waals surface area contributed by atoms with E-state index in [1.807, 2.05) is 28.9 Å². The van der Waals surface area contributed by atoms with Crippen LogP contribution in [0.4, 0.5) is 0 Å². The molecule has 1 aliphatic heterocycles. The van der Waals surface area contributed by atoms with Crippen LogP contribution < -0.4 is 5.32 Å². The van der Waals surface area contributed by atoms with Gasteiger partial charge in [-0.15, -0.1) is 5.10 Å². The Morgan fingerprint density at radius 2 is 2.17 bits per heavy atom. The standard InChI is InChI=1S/C16H17N5O2/c1-2-13(22-7-1)8-18-9-14-10-21-15(11-23-14)16(19-20-21)12-3-5-17-6-4-12/h1-7,14,18H,8-11H2/t14-/m1/s1. The van der Waals surface area contributed by atoms with E-state index in [1.54, 1.807) is 18.7 Å². The van der Waals surface area contributed by atoms with E-state index < -0.39 is 0 Å². The normalized spacial score (nSPS) is 17.1. The van der Waals surface area contributed by atoms with Gasteiger partial charge in [-0.3, -0.25) is 4.98 Å². The first-order chi connectivity index (χ1) is 11.4. The number of hydrogen-bond donors (Lipinski definition) is 1. The lowest BCUT2D eigenvalue weighted by molar-refractivity contribution is 0.00106. The minimum atomic E-state index is 0.0736. The molecule has 7 nitrogen and oxygen atoms in total. The van der Waals surface area contributed by atoms with Gasteiger partial charge in [0, 0.05) is 24.5 Å². The van der Waals surface area contributed by atoms with Gasteiger partial charge in [-0.1, -0.05) is 5.21 Å². The predicted molar refractivity (Wildman–Crippen MR) is 82.2 cm³/mol. The van der Waals surface area contributed by atoms with Crippen LogP contribution in [0.5, 0.6) is 0 Å². The molecule has 23 heavy (non-hydrogen) atoms. The SMILES string of the molecule is c1coc(CNC[C@@H]2Cn3nnc(-c4ccncc4)c3CO2)c1. The van der Waals surface area contributed by atoms with Crippen LogP contribution in [-0.4, -0.2) is 32.6 Å². The lowest BCUT2D eigenvalue weighted by atomic mass is 10.1. The van der Waals surface area contributed by atoms with Crippen molar-refractivity contribution in [2.45, 2.75) is 25.8 Å². The molecule has 4 rings (SSSR count). The van der Waals surface area contributed by atoms with Crippen molar-refractivity contribution in [3.05, 3.63) is 54.4 Å². The molecule has 7 heteroatoms. The molecule has 0 spiro atoms. The van der Waals surface area contributed by atoms with Gasteiger partial charge in [0.05, 0.1) is 37.8 Å². The fourth-order valence-electron chi connectivity index (χ4n) is 2.69. The minimum Gasteiger partial charge on any atom is -0.468 e. The number of hydrogen-bond acceptors (Lipinski definition) is 6. The molecule has 1 atom stereocenters. The Kier molecular flexibility index (Phi) is 3.87. The van der Waals surface area contributed by atoms with E-state index >= 15 is 0 Å². The number of fused-ring (bicyclic) bond motifs is 1. The molecule has 0 aliphatic carbocycles. The van der Waals surface area contributed by atoms with Gasteiger partial charge in [-0.25, -0.2) is 4.68 Å². The van der Waals surface area contributed by atoms with E-state index in [0.29, 0.717) is 19.7 Å². The van der Waals surface area contributed by atoms with Crippen molar-refractivity contribution in [2.24, 2.45) is 0 Å². The van der Waals surface area contributed by atoms with E-state index in [2.05, 4.69) is 20.6 Å². The Hall–Kier alpha value is -2.51. The molecule has 3 aromatic heterocycles. The number of furan rings is 1. The van der Waals surface area contributed by atoms with Crippen LogP contribution in [0.25, 0.3) is 11.3 Å². The average molecular weight is 311 g/mol. The second kappa shape index (κ2) is 6.31. The molecule has 1 aliphatic rings. The Balaban J connectivity index is 1.39. The second-order valence-electron chi connectivity index (χ2n) is 5.45. The van der Waals surface area contributed by atoms with Gasteiger partial charge < -0.3 is 14.5 Å². The highest BCUT2D eigenvalue weighted by Crippen LogP contribution is 2.24. The first kappa shape index (κ1) is 14.1. The second-order valence-corrected chi connectivity index (χ2v) is 5.45. The fraction of sp³-hybridized carbons (Fsp3) is 0.312. The summed E-state index contributed by atoms with van der Waals surface area (Å²) in [6, 6.07) is 7.70. The molecule has 0 saturated heterocycles. The highest BCUT2D eigenvalue weighted by molar-refractivity contribution is 5.60. The van der Waals surface area contributed by atoms with Crippen molar-refractivity contribution < 1.29 is 9.15 Å². The quantitative estimate of drug-likeness (QED) is 0.771. The first-order valence-corrected chi connectivity index (χ1v) is 7.57. The molecule has 0 bridgehead atoms. The number of pyridine rings is 1. The highest BCUT2D eigenvalue weighted by atomic mass is 16.5. The summed E-state index contributed by atoms with van der Waals surface area (Å²) >= 11 is 0. The largest absolute Gasteiger partial charge is 0.468 e. The fourth-order valence-corrected chi connectivity index (χ4v) is 2.69. The molecule has 118 valence electrons. The number of nitrogens with zero attached hydrogens (tertiary/aromatic N) is 4. The molecule has 0 aromatic carbocycles. The van der Waals surface area contributed by atoms with Crippen molar-refractivity contribution >= 4 is 0 Å². The molecule has 0 saturated carbocycles. The van der Waals surface area contributed by atoms with Crippen LogP contribution in [0.15, 0.2) is 47.3 Å². The number of rotatable bonds is 5. The van der Waals surface area contributed by atoms with Crippen molar-refractivity contribution in [2.75, 3.05) is 6.54 Å². The van der Waals surface area contributed by atoms with Crippen LogP contribution in [0.1, 0.15) is 11.5 Å². The maximum Gasteiger partial charge on any atom is 0.118 e. The zero-order valence-corrected chi connectivity index (χ0v) is 12.6. The third-order valence-electron chi connectivity index (χ3n) is 3.88. The highest BCUT2D eigenvalue weighted by Gasteiger charge is 2.24. The van der Waals surface area contributed by atoms with Crippen LogP contribution in [0.3, 0.4) is 0 Å². The summed E-state index contributed by atoms with van der Waals surface area (Å²) in [7, 11) is 0. The molecule has 3 aromatic rings. The van der Waals surface area contributed by atoms with Crippen LogP contribution >= 0.6 is 0 Å². The zero-order chi connectivity index (χ0) is 15.5. The van der Waals surface area contributed by atoms with Crippen LogP contribution in [0.2, 0.25) is 0 Å². The molecule has 0 fully saturated rings. The summed E-state index contributed by atoms with van der Waals surface area (Å²) in [4.78, 5) is 4.03. The van der Waals surface area contributed by atoms with Gasteiger partial charge >= 0.3 is 0 Å². The third-order valence-corrected chi connectivity index (χ3v) is 3.88. The van der Waals surface area contributed by atoms with Gasteiger partial charge in [0.1, 0.15) is 11.5 Å². The van der Waals surface area contributed by atoms with Gasteiger partial charge in [-0.2, -0.15) is 0 Å². The summed E-state index contributed by atoms with van der Waals surface area (Å²) in [5.41, 5.74) is 2.90. The van der Waals surface area contributed by atoms with E-state index in [-0.39, 0.29) is 6.10 Å². The maximum absolute atomic E-state index is 5.93. The van der Waals surface area contributed by atoms with Gasteiger partial charge in [0.25, 0.3) is 0 Å². The van der Waals surface area contributed by atoms with E-state index in [0.717, 1.165) is 29.3 Å². The van der Waals surface area contributed by atoms with Crippen molar-refractivity contribution in [3.63, 3.8) is 0 Å². The van der Waals surface area contributed by atoms with Crippen LogP contribution in [0, 0.1) is 0 Å². The summed E-state index contributed by atoms with van der Waals surface area (Å²) in [5, 5.41) is 11.9. The zero-order valence-electron chi connectivity index (χ0n) is 12.6. The van der Waals surface area contributed by atoms with Gasteiger partial charge in [-0.05, 0) is 24.3 Å². The van der Waals surface area contributed by atoms with E-state index in [9.17, 15) is 0 Å². The van der Waals surface area contributed by atoms with Crippen molar-refractivity contribution in [1.29, 1.82) is 0 Å². The van der Waals surface area contributed by atoms with Gasteiger partial charge in [0.2, 0.25) is 0 Å². The molecule has 4 heterocycles. The summed E-state index contributed by atoms with van der Waals surface area (Å²) in [5.74, 6) is 0.919. The average Bonchev–Trinajstić information content (AvgIpc) is 3.25. The Morgan fingerprint density at radius 3 is 3.00 bits per heavy atom. The Labute approximate surface area is 133 Å². The smallest absolute Gasteiger partial charge is 0.118 e. The molecular formula is C16H17N5O2. The van der Waals surface area contributed by atoms with E-state index in [1.165, 1.54) is 0 Å². The Morgan fingerprint density at radius 1 is 1.26 bits per heavy atom. The molecule has 1 N–H and O–H groups in total. The number of ether oxygens (including phenoxy) is 1. The Bertz CT molecular complexity index is 754. The number of nitrogens with one attached hydrogen (secondary N) is 1. The lowest BCUT2D eigenvalue weighted by Gasteiger charge is -2.24. The lowest BCUT2D eigenvalue weighted by Crippen LogP contribution is -2.36. The van der Waals surface area contributed by atoms with Crippen LogP contribution in [-0.2, 0) is 24.4 Å². The van der Waals surface area contributed by atoms with E-state index in [4.69, 9.17) is 9.15 Å². The summed E-state index contributed by atoms with van der Waals surface area (Å²) < 4.78 is 13.2. The van der Waals surface area contributed by atoms with Gasteiger partial charge in [0.15, 0.2) is 0 Å². The molecule has 0 radical (unpaired) electrons. The topological polar surface area (TPSA) is 78.0 Å². The monoisotopic (exact) mass is 311 g/mol. The third kappa shape index (κ3) is 3.01. The minimum absolute atomic E-state index is 0.0736. The summed E-state index contributed by atoms with van der Waals surface area (Å²) in [6.07, 6.45) is 5.26.